The maximum Gasteiger partial charge on any atom is 0.311 e. The molecular formula is C32H40O7. The Morgan fingerprint density at radius 1 is 0.769 bits per heavy atom. The average Bonchev–Trinajstić information content (AvgIpc) is 2.92. The summed E-state index contributed by atoms with van der Waals surface area (Å²) in [7, 11) is 1.30. The van der Waals surface area contributed by atoms with Crippen LogP contribution < -0.4 is 0 Å². The van der Waals surface area contributed by atoms with Crippen LogP contribution in [0.25, 0.3) is 21.5 Å². The van der Waals surface area contributed by atoms with Gasteiger partial charge in [0.1, 0.15) is 13.2 Å². The Labute approximate surface area is 230 Å². The Hall–Kier alpha value is -3.45. The molecule has 0 heterocycles. The van der Waals surface area contributed by atoms with Gasteiger partial charge in [0.25, 0.3) is 0 Å². The fourth-order valence-corrected chi connectivity index (χ4v) is 5.61. The van der Waals surface area contributed by atoms with Crippen LogP contribution in [0.3, 0.4) is 0 Å². The average molecular weight is 537 g/mol. The van der Waals surface area contributed by atoms with Gasteiger partial charge in [-0.2, -0.15) is 0 Å². The molecule has 39 heavy (non-hydrogen) atoms. The number of hydrogen-bond donors (Lipinski definition) is 1. The lowest BCUT2D eigenvalue weighted by Crippen LogP contribution is -2.44. The number of fused-ring (bicyclic) bond motifs is 2. The highest BCUT2D eigenvalue weighted by molar-refractivity contribution is 6.02. The topological polar surface area (TPSA) is 99.1 Å². The maximum absolute atomic E-state index is 13.5. The number of benzene rings is 3. The number of esters is 3. The van der Waals surface area contributed by atoms with Crippen molar-refractivity contribution in [2.24, 2.45) is 16.2 Å². The molecule has 3 aromatic rings. The van der Waals surface area contributed by atoms with Crippen molar-refractivity contribution in [1.29, 1.82) is 0 Å². The van der Waals surface area contributed by atoms with Crippen molar-refractivity contribution in [3.8, 4) is 0 Å². The predicted molar refractivity (Wildman–Crippen MR) is 151 cm³/mol. The fraction of sp³-hybridized carbons (Fsp3) is 0.469. The number of aliphatic hydroxyl groups is 1. The monoisotopic (exact) mass is 536 g/mol. The summed E-state index contributed by atoms with van der Waals surface area (Å²) in [5.41, 5.74) is -2.33. The summed E-state index contributed by atoms with van der Waals surface area (Å²) < 4.78 is 16.3. The SMILES string of the molecule is CCC(C)(CC(C)(CC(C)(C)C(=O)OCc1c2ccccc2cc2ccccc12)C(=O)OC)C(=O)OCCO. The molecule has 0 radical (unpaired) electrons. The first-order chi connectivity index (χ1) is 18.4. The molecule has 0 aromatic heterocycles. The Kier molecular flexibility index (Phi) is 9.38. The molecule has 3 aromatic carbocycles. The van der Waals surface area contributed by atoms with Crippen LogP contribution in [0, 0.1) is 16.2 Å². The van der Waals surface area contributed by atoms with E-state index >= 15 is 0 Å². The zero-order chi connectivity index (χ0) is 28.8. The molecule has 1 N–H and O–H groups in total. The molecular weight excluding hydrogens is 496 g/mol. The van der Waals surface area contributed by atoms with E-state index in [-0.39, 0.29) is 32.7 Å². The summed E-state index contributed by atoms with van der Waals surface area (Å²) in [4.78, 5) is 39.4. The normalized spacial score (nSPS) is 14.8. The van der Waals surface area contributed by atoms with Gasteiger partial charge < -0.3 is 19.3 Å². The van der Waals surface area contributed by atoms with Crippen LogP contribution in [0.15, 0.2) is 54.6 Å². The maximum atomic E-state index is 13.5. The number of ether oxygens (including phenoxy) is 3. The second-order valence-corrected chi connectivity index (χ2v) is 11.4. The predicted octanol–water partition coefficient (Wildman–Crippen LogP) is 5.97. The van der Waals surface area contributed by atoms with Crippen LogP contribution >= 0.6 is 0 Å². The molecule has 0 fully saturated rings. The van der Waals surface area contributed by atoms with Gasteiger partial charge in [0, 0.05) is 5.56 Å². The van der Waals surface area contributed by atoms with Crippen molar-refractivity contribution in [2.75, 3.05) is 20.3 Å². The van der Waals surface area contributed by atoms with Crippen LogP contribution in [0.4, 0.5) is 0 Å². The van der Waals surface area contributed by atoms with E-state index in [0.717, 1.165) is 27.1 Å². The number of carbonyl (C=O) groups excluding carboxylic acids is 3. The number of hydrogen-bond acceptors (Lipinski definition) is 7. The van der Waals surface area contributed by atoms with Crippen molar-refractivity contribution in [1.82, 2.24) is 0 Å². The minimum absolute atomic E-state index is 0.0826. The van der Waals surface area contributed by atoms with Crippen LogP contribution in [0.1, 0.15) is 59.4 Å². The third-order valence-electron chi connectivity index (χ3n) is 7.67. The number of methoxy groups -OCH3 is 1. The van der Waals surface area contributed by atoms with Crippen molar-refractivity contribution < 1.29 is 33.7 Å². The van der Waals surface area contributed by atoms with Crippen molar-refractivity contribution >= 4 is 39.5 Å². The molecule has 0 aliphatic rings. The van der Waals surface area contributed by atoms with Crippen LogP contribution in [0.2, 0.25) is 0 Å². The molecule has 0 spiro atoms. The Morgan fingerprint density at radius 2 is 1.33 bits per heavy atom. The zero-order valence-electron chi connectivity index (χ0n) is 23.8. The third-order valence-corrected chi connectivity index (χ3v) is 7.67. The zero-order valence-corrected chi connectivity index (χ0v) is 23.8. The smallest absolute Gasteiger partial charge is 0.311 e. The highest BCUT2D eigenvalue weighted by atomic mass is 16.5. The van der Waals surface area contributed by atoms with Gasteiger partial charge in [0.15, 0.2) is 0 Å². The van der Waals surface area contributed by atoms with Gasteiger partial charge in [-0.05, 0) is 74.6 Å². The molecule has 0 aliphatic heterocycles. The standard InChI is InChI=1S/C32H40O7/c1-7-31(4,29(36)38-17-16-33)21-32(5,28(35)37-6)20-30(2,3)27(34)39-19-26-24-14-10-8-12-22(24)18-23-13-9-11-15-25(23)26/h8-15,18,33H,7,16-17,19-21H2,1-6H3. The lowest BCUT2D eigenvalue weighted by molar-refractivity contribution is -0.168. The minimum atomic E-state index is -1.17. The third kappa shape index (κ3) is 6.59. The highest BCUT2D eigenvalue weighted by Crippen LogP contribution is 2.46. The lowest BCUT2D eigenvalue weighted by Gasteiger charge is -2.39. The van der Waals surface area contributed by atoms with E-state index in [1.807, 2.05) is 55.5 Å². The van der Waals surface area contributed by atoms with Crippen molar-refractivity contribution in [3.05, 3.63) is 60.2 Å². The van der Waals surface area contributed by atoms with Gasteiger partial charge in [-0.25, -0.2) is 0 Å². The summed E-state index contributed by atoms with van der Waals surface area (Å²) in [6, 6.07) is 18.1. The van der Waals surface area contributed by atoms with Gasteiger partial charge in [-0.3, -0.25) is 14.4 Å². The van der Waals surface area contributed by atoms with E-state index in [1.165, 1.54) is 7.11 Å². The Bertz CT molecular complexity index is 1290. The Balaban J connectivity index is 1.86. The van der Waals surface area contributed by atoms with Crippen LogP contribution in [-0.2, 0) is 35.2 Å². The molecule has 3 rings (SSSR count). The Morgan fingerprint density at radius 3 is 1.85 bits per heavy atom. The van der Waals surface area contributed by atoms with Gasteiger partial charge in [0.2, 0.25) is 0 Å². The van der Waals surface area contributed by atoms with E-state index < -0.39 is 34.2 Å². The van der Waals surface area contributed by atoms with E-state index in [2.05, 4.69) is 6.07 Å². The molecule has 2 unspecified atom stereocenters. The van der Waals surface area contributed by atoms with Crippen LogP contribution in [0.5, 0.6) is 0 Å². The number of carbonyl (C=O) groups is 3. The summed E-state index contributed by atoms with van der Waals surface area (Å²) in [6.45, 7) is 8.43. The van der Waals surface area contributed by atoms with Gasteiger partial charge in [-0.1, -0.05) is 55.5 Å². The molecule has 0 saturated heterocycles. The van der Waals surface area contributed by atoms with Crippen molar-refractivity contribution in [3.63, 3.8) is 0 Å². The largest absolute Gasteiger partial charge is 0.469 e. The van der Waals surface area contributed by atoms with E-state index in [9.17, 15) is 14.4 Å². The summed E-state index contributed by atoms with van der Waals surface area (Å²) in [6.07, 6.45) is 0.617. The molecule has 7 heteroatoms. The molecule has 210 valence electrons. The first-order valence-electron chi connectivity index (χ1n) is 13.3. The van der Waals surface area contributed by atoms with Crippen LogP contribution in [-0.4, -0.2) is 43.3 Å². The first kappa shape index (κ1) is 30.1. The summed E-state index contributed by atoms with van der Waals surface area (Å²) in [5.74, 6) is -1.47. The van der Waals surface area contributed by atoms with Crippen molar-refractivity contribution in [2.45, 2.75) is 60.5 Å². The minimum Gasteiger partial charge on any atom is -0.469 e. The number of aliphatic hydroxyl groups excluding tert-OH is 1. The molecule has 0 amide bonds. The molecule has 2 atom stereocenters. The van der Waals surface area contributed by atoms with Gasteiger partial charge >= 0.3 is 17.9 Å². The quantitative estimate of drug-likeness (QED) is 0.173. The van der Waals surface area contributed by atoms with Gasteiger partial charge in [0.05, 0.1) is 30.0 Å². The second kappa shape index (κ2) is 12.2. The second-order valence-electron chi connectivity index (χ2n) is 11.4. The molecule has 0 aliphatic carbocycles. The van der Waals surface area contributed by atoms with Gasteiger partial charge in [-0.15, -0.1) is 0 Å². The summed E-state index contributed by atoms with van der Waals surface area (Å²) in [5, 5.41) is 13.2. The van der Waals surface area contributed by atoms with E-state index in [0.29, 0.717) is 6.42 Å². The molecule has 7 nitrogen and oxygen atoms in total. The molecule has 0 bridgehead atoms. The molecule has 0 saturated carbocycles. The lowest BCUT2D eigenvalue weighted by atomic mass is 9.65. The highest BCUT2D eigenvalue weighted by Gasteiger charge is 2.49. The fourth-order valence-electron chi connectivity index (χ4n) is 5.61. The van der Waals surface area contributed by atoms with E-state index in [4.69, 9.17) is 19.3 Å². The number of rotatable bonds is 12. The summed E-state index contributed by atoms with van der Waals surface area (Å²) >= 11 is 0. The van der Waals surface area contributed by atoms with E-state index in [1.54, 1.807) is 27.7 Å². The first-order valence-corrected chi connectivity index (χ1v) is 13.3.